The largest absolute Gasteiger partial charge is 0.505 e. The molecule has 0 aliphatic rings. The Morgan fingerprint density at radius 1 is 1.30 bits per heavy atom. The van der Waals surface area contributed by atoms with Crippen molar-refractivity contribution in [3.63, 3.8) is 0 Å². The first-order chi connectivity index (χ1) is 9.51. The minimum absolute atomic E-state index is 0.0283. The number of aromatic nitrogens is 1. The van der Waals surface area contributed by atoms with E-state index in [1.54, 1.807) is 0 Å². The van der Waals surface area contributed by atoms with Crippen LogP contribution < -0.4 is 5.32 Å². The number of rotatable bonds is 2. The van der Waals surface area contributed by atoms with Crippen molar-refractivity contribution in [2.45, 2.75) is 0 Å². The minimum Gasteiger partial charge on any atom is -0.505 e. The maximum absolute atomic E-state index is 11.9. The van der Waals surface area contributed by atoms with Gasteiger partial charge < -0.3 is 10.4 Å². The molecule has 0 fully saturated rings. The summed E-state index contributed by atoms with van der Waals surface area (Å²) in [4.78, 5) is 15.8. The average molecular weight is 308 g/mol. The van der Waals surface area contributed by atoms with Crippen LogP contribution in [-0.4, -0.2) is 16.0 Å². The Hall–Kier alpha value is -2.29. The highest BCUT2D eigenvalue weighted by atomic mass is 35.5. The lowest BCUT2D eigenvalue weighted by atomic mass is 10.2. The van der Waals surface area contributed by atoms with Gasteiger partial charge in [0.15, 0.2) is 5.75 Å². The third kappa shape index (κ3) is 2.99. The van der Waals surface area contributed by atoms with Gasteiger partial charge >= 0.3 is 0 Å². The summed E-state index contributed by atoms with van der Waals surface area (Å²) in [6.07, 6.45) is 1.30. The fourth-order valence-electron chi connectivity index (χ4n) is 1.43. The summed E-state index contributed by atoms with van der Waals surface area (Å²) in [5.74, 6) is -0.727. The molecule has 100 valence electrons. The molecule has 1 heterocycles. The molecule has 5 nitrogen and oxygen atoms in total. The smallest absolute Gasteiger partial charge is 0.274 e. The van der Waals surface area contributed by atoms with E-state index >= 15 is 0 Å². The molecule has 1 aromatic carbocycles. The molecule has 0 aliphatic carbocycles. The van der Waals surface area contributed by atoms with E-state index in [4.69, 9.17) is 28.5 Å². The molecule has 20 heavy (non-hydrogen) atoms. The van der Waals surface area contributed by atoms with Crippen LogP contribution in [0.3, 0.4) is 0 Å². The van der Waals surface area contributed by atoms with Crippen molar-refractivity contribution < 1.29 is 9.90 Å². The lowest BCUT2D eigenvalue weighted by Crippen LogP contribution is -2.13. The standard InChI is InChI=1S/C13H7Cl2N3O2/c14-9-3-8(4-10(15)12(9)19)18-13(20)11-2-1-7(5-16)6-17-11/h1-4,6,19H,(H,18,20). The van der Waals surface area contributed by atoms with E-state index in [2.05, 4.69) is 10.3 Å². The number of amides is 1. The summed E-state index contributed by atoms with van der Waals surface area (Å²) in [6.45, 7) is 0. The Morgan fingerprint density at radius 2 is 1.95 bits per heavy atom. The molecule has 2 rings (SSSR count). The highest BCUT2D eigenvalue weighted by Gasteiger charge is 2.11. The molecule has 2 N–H and O–H groups in total. The molecule has 0 saturated carbocycles. The first-order valence-electron chi connectivity index (χ1n) is 5.37. The van der Waals surface area contributed by atoms with Crippen molar-refractivity contribution >= 4 is 34.8 Å². The summed E-state index contributed by atoms with van der Waals surface area (Å²) >= 11 is 11.5. The monoisotopic (exact) mass is 307 g/mol. The predicted molar refractivity (Wildman–Crippen MR) is 75.0 cm³/mol. The summed E-state index contributed by atoms with van der Waals surface area (Å²) in [5, 5.41) is 20.7. The van der Waals surface area contributed by atoms with Crippen LogP contribution in [0.1, 0.15) is 16.1 Å². The summed E-state index contributed by atoms with van der Waals surface area (Å²) in [7, 11) is 0. The van der Waals surface area contributed by atoms with Crippen LogP contribution in [0.4, 0.5) is 5.69 Å². The fraction of sp³-hybridized carbons (Fsp3) is 0. The van der Waals surface area contributed by atoms with Gasteiger partial charge in [-0.25, -0.2) is 4.98 Å². The third-order valence-corrected chi connectivity index (χ3v) is 2.98. The van der Waals surface area contributed by atoms with E-state index in [0.717, 1.165) is 0 Å². The number of phenols is 1. The predicted octanol–water partition coefficient (Wildman–Crippen LogP) is 3.22. The zero-order valence-corrected chi connectivity index (χ0v) is 11.4. The van der Waals surface area contributed by atoms with E-state index in [1.807, 2.05) is 6.07 Å². The highest BCUT2D eigenvalue weighted by Crippen LogP contribution is 2.34. The number of phenolic OH excluding ortho intramolecular Hbond substituents is 1. The van der Waals surface area contributed by atoms with Gasteiger partial charge in [0.25, 0.3) is 5.91 Å². The number of hydrogen-bond donors (Lipinski definition) is 2. The highest BCUT2D eigenvalue weighted by molar-refractivity contribution is 6.37. The number of benzene rings is 1. The molecule has 0 atom stereocenters. The number of halogens is 2. The molecule has 0 spiro atoms. The van der Waals surface area contributed by atoms with Gasteiger partial charge in [-0.2, -0.15) is 5.26 Å². The fourth-order valence-corrected chi connectivity index (χ4v) is 1.91. The molecule has 0 unspecified atom stereocenters. The Labute approximate surface area is 124 Å². The summed E-state index contributed by atoms with van der Waals surface area (Å²) in [6, 6.07) is 7.55. The van der Waals surface area contributed by atoms with Crippen LogP contribution >= 0.6 is 23.2 Å². The van der Waals surface area contributed by atoms with Crippen molar-refractivity contribution in [3.8, 4) is 11.8 Å². The lowest BCUT2D eigenvalue weighted by molar-refractivity contribution is 0.102. The zero-order valence-electron chi connectivity index (χ0n) is 9.89. The van der Waals surface area contributed by atoms with Crippen molar-refractivity contribution in [2.75, 3.05) is 5.32 Å². The van der Waals surface area contributed by atoms with Crippen LogP contribution in [0, 0.1) is 11.3 Å². The number of nitriles is 1. The van der Waals surface area contributed by atoms with Crippen molar-refractivity contribution in [1.29, 1.82) is 5.26 Å². The number of nitrogens with one attached hydrogen (secondary N) is 1. The van der Waals surface area contributed by atoms with Crippen molar-refractivity contribution in [2.24, 2.45) is 0 Å². The second-order valence-corrected chi connectivity index (χ2v) is 4.60. The van der Waals surface area contributed by atoms with E-state index < -0.39 is 5.91 Å². The number of hydrogen-bond acceptors (Lipinski definition) is 4. The van der Waals surface area contributed by atoms with E-state index in [9.17, 15) is 9.90 Å². The topological polar surface area (TPSA) is 86.0 Å². The quantitative estimate of drug-likeness (QED) is 0.834. The molecule has 2 aromatic rings. The van der Waals surface area contributed by atoms with Gasteiger partial charge in [-0.3, -0.25) is 4.79 Å². The number of carbonyl (C=O) groups excluding carboxylic acids is 1. The maximum Gasteiger partial charge on any atom is 0.274 e. The molecular formula is C13H7Cl2N3O2. The summed E-state index contributed by atoms with van der Waals surface area (Å²) in [5.41, 5.74) is 0.829. The van der Waals surface area contributed by atoms with Crippen LogP contribution in [0.25, 0.3) is 0 Å². The Kier molecular flexibility index (Phi) is 4.08. The van der Waals surface area contributed by atoms with Crippen molar-refractivity contribution in [3.05, 3.63) is 51.8 Å². The van der Waals surface area contributed by atoms with E-state index in [1.165, 1.54) is 30.5 Å². The minimum atomic E-state index is -0.479. The van der Waals surface area contributed by atoms with Gasteiger partial charge in [0, 0.05) is 11.9 Å². The summed E-state index contributed by atoms with van der Waals surface area (Å²) < 4.78 is 0. The number of pyridine rings is 1. The molecule has 1 aromatic heterocycles. The van der Waals surface area contributed by atoms with Gasteiger partial charge in [0.05, 0.1) is 15.6 Å². The van der Waals surface area contributed by atoms with Gasteiger partial charge in [-0.1, -0.05) is 23.2 Å². The number of carbonyl (C=O) groups is 1. The number of aromatic hydroxyl groups is 1. The third-order valence-electron chi connectivity index (χ3n) is 2.40. The normalized spacial score (nSPS) is 9.85. The lowest BCUT2D eigenvalue weighted by Gasteiger charge is -2.07. The molecule has 0 radical (unpaired) electrons. The Bertz CT molecular complexity index is 686. The van der Waals surface area contributed by atoms with E-state index in [0.29, 0.717) is 11.3 Å². The first-order valence-corrected chi connectivity index (χ1v) is 6.12. The SMILES string of the molecule is N#Cc1ccc(C(=O)Nc2cc(Cl)c(O)c(Cl)c2)nc1. The Balaban J connectivity index is 2.21. The van der Waals surface area contributed by atoms with Crippen LogP contribution in [0.2, 0.25) is 10.0 Å². The second kappa shape index (κ2) is 5.78. The molecule has 1 amide bonds. The number of anilines is 1. The van der Waals surface area contributed by atoms with Gasteiger partial charge in [0.2, 0.25) is 0 Å². The van der Waals surface area contributed by atoms with Crippen LogP contribution in [0.15, 0.2) is 30.5 Å². The van der Waals surface area contributed by atoms with Gasteiger partial charge in [-0.05, 0) is 24.3 Å². The van der Waals surface area contributed by atoms with Crippen molar-refractivity contribution in [1.82, 2.24) is 4.98 Å². The van der Waals surface area contributed by atoms with Crippen LogP contribution in [-0.2, 0) is 0 Å². The number of nitrogens with zero attached hydrogens (tertiary/aromatic N) is 2. The van der Waals surface area contributed by atoms with E-state index in [-0.39, 0.29) is 21.5 Å². The molecule has 0 bridgehead atoms. The first kappa shape index (κ1) is 14.1. The Morgan fingerprint density at radius 3 is 2.45 bits per heavy atom. The second-order valence-electron chi connectivity index (χ2n) is 3.79. The zero-order chi connectivity index (χ0) is 14.7. The molecule has 7 heteroatoms. The molecular weight excluding hydrogens is 301 g/mol. The maximum atomic E-state index is 11.9. The van der Waals surface area contributed by atoms with Gasteiger partial charge in [0.1, 0.15) is 11.8 Å². The molecule has 0 aliphatic heterocycles. The molecule has 0 saturated heterocycles. The van der Waals surface area contributed by atoms with Gasteiger partial charge in [-0.15, -0.1) is 0 Å². The van der Waals surface area contributed by atoms with Crippen LogP contribution in [0.5, 0.6) is 5.75 Å². The average Bonchev–Trinajstić information content (AvgIpc) is 2.44.